The fourth-order valence-electron chi connectivity index (χ4n) is 3.38. The van der Waals surface area contributed by atoms with Crippen LogP contribution in [0.15, 0.2) is 56.8 Å². The molecule has 0 aliphatic carbocycles. The van der Waals surface area contributed by atoms with Gasteiger partial charge in [-0.05, 0) is 17.7 Å². The first-order chi connectivity index (χ1) is 14.7. The monoisotopic (exact) mass is 420 g/mol. The molecule has 0 saturated carbocycles. The molecule has 0 saturated heterocycles. The van der Waals surface area contributed by atoms with Gasteiger partial charge < -0.3 is 18.9 Å². The average molecular weight is 420 g/mol. The maximum atomic E-state index is 12.0. The van der Waals surface area contributed by atoms with Gasteiger partial charge in [0.15, 0.2) is 17.1 Å². The lowest BCUT2D eigenvalue weighted by atomic mass is 10.1. The number of H-pyrrole nitrogens is 1. The molecule has 0 fully saturated rings. The molecule has 8 nitrogen and oxygen atoms in total. The summed E-state index contributed by atoms with van der Waals surface area (Å²) in [5, 5.41) is 10.8. The number of methoxy groups -OCH3 is 2. The van der Waals surface area contributed by atoms with Gasteiger partial charge in [-0.1, -0.05) is 30.0 Å². The van der Waals surface area contributed by atoms with Crippen LogP contribution in [0.1, 0.15) is 5.56 Å². The molecule has 0 radical (unpaired) electrons. The van der Waals surface area contributed by atoms with E-state index in [1.807, 2.05) is 24.3 Å². The molecular formula is C21H16N4O4S. The highest BCUT2D eigenvalue weighted by molar-refractivity contribution is 7.98. The molecule has 2 aromatic carbocycles. The fraction of sp³-hybridized carbons (Fsp3) is 0.143. The second-order valence-corrected chi connectivity index (χ2v) is 7.49. The molecule has 0 aliphatic heterocycles. The lowest BCUT2D eigenvalue weighted by molar-refractivity contribution is 0.355. The first kappa shape index (κ1) is 18.4. The van der Waals surface area contributed by atoms with Crippen LogP contribution in [0.5, 0.6) is 11.5 Å². The molecular weight excluding hydrogens is 404 g/mol. The zero-order chi connectivity index (χ0) is 20.7. The molecule has 3 aromatic heterocycles. The Balaban J connectivity index is 1.51. The normalized spacial score (nSPS) is 11.4. The molecule has 1 N–H and O–H groups in total. The summed E-state index contributed by atoms with van der Waals surface area (Å²) < 4.78 is 16.0. The molecule has 0 atom stereocenters. The van der Waals surface area contributed by atoms with Crippen LogP contribution in [0, 0.1) is 0 Å². The molecule has 0 amide bonds. The fourth-order valence-corrected chi connectivity index (χ4v) is 4.16. The van der Waals surface area contributed by atoms with Gasteiger partial charge in [0.1, 0.15) is 11.1 Å². The lowest BCUT2D eigenvalue weighted by Gasteiger charge is -2.10. The van der Waals surface area contributed by atoms with Crippen molar-refractivity contribution in [2.45, 2.75) is 10.9 Å². The summed E-state index contributed by atoms with van der Waals surface area (Å²) >= 11 is 1.39. The van der Waals surface area contributed by atoms with Crippen molar-refractivity contribution in [2.24, 2.45) is 0 Å². The van der Waals surface area contributed by atoms with Crippen LogP contribution in [-0.2, 0) is 5.75 Å². The Bertz CT molecular complexity index is 1460. The van der Waals surface area contributed by atoms with Crippen LogP contribution in [0.25, 0.3) is 33.0 Å². The number of benzene rings is 2. The Morgan fingerprint density at radius 2 is 1.83 bits per heavy atom. The Hall–Kier alpha value is -3.59. The first-order valence-electron chi connectivity index (χ1n) is 9.09. The maximum absolute atomic E-state index is 12.0. The minimum absolute atomic E-state index is 0.431. The van der Waals surface area contributed by atoms with Gasteiger partial charge in [0.05, 0.1) is 14.2 Å². The Morgan fingerprint density at radius 3 is 2.67 bits per heavy atom. The topological polar surface area (TPSA) is 103 Å². The van der Waals surface area contributed by atoms with Gasteiger partial charge in [-0.15, -0.1) is 10.2 Å². The van der Waals surface area contributed by atoms with E-state index in [2.05, 4.69) is 20.2 Å². The molecule has 0 aliphatic rings. The predicted octanol–water partition coefficient (Wildman–Crippen LogP) is 3.92. The van der Waals surface area contributed by atoms with Gasteiger partial charge in [0.25, 0.3) is 0 Å². The third-order valence-electron chi connectivity index (χ3n) is 4.79. The van der Waals surface area contributed by atoms with Gasteiger partial charge in [0.2, 0.25) is 5.16 Å². The van der Waals surface area contributed by atoms with Gasteiger partial charge in [-0.25, -0.2) is 9.78 Å². The number of nitrogens with zero attached hydrogens (tertiary/aromatic N) is 3. The second kappa shape index (κ2) is 7.34. The first-order valence-corrected chi connectivity index (χ1v) is 10.1. The number of thioether (sulfide) groups is 1. The Morgan fingerprint density at radius 1 is 1.03 bits per heavy atom. The summed E-state index contributed by atoms with van der Waals surface area (Å²) in [6, 6.07) is 12.8. The van der Waals surface area contributed by atoms with E-state index in [1.165, 1.54) is 24.9 Å². The number of fused-ring (bicyclic) bond motifs is 4. The van der Waals surface area contributed by atoms with Gasteiger partial charge in [-0.3, -0.25) is 0 Å². The SMILES string of the molecule is COc1cc2oc(=O)cc(CSc3nnc4c(n3)[nH]c3ccccc34)c2cc1OC. The van der Waals surface area contributed by atoms with Crippen LogP contribution in [0.2, 0.25) is 0 Å². The van der Waals surface area contributed by atoms with Crippen molar-refractivity contribution in [2.75, 3.05) is 14.2 Å². The zero-order valence-electron chi connectivity index (χ0n) is 16.1. The van der Waals surface area contributed by atoms with Crippen LogP contribution >= 0.6 is 11.8 Å². The third kappa shape index (κ3) is 3.13. The zero-order valence-corrected chi connectivity index (χ0v) is 16.9. The van der Waals surface area contributed by atoms with Gasteiger partial charge in [0, 0.05) is 34.2 Å². The number of ether oxygens (including phenoxy) is 2. The van der Waals surface area contributed by atoms with Crippen molar-refractivity contribution in [3.05, 3.63) is 58.4 Å². The standard InChI is InChI=1S/C21H16N4O4S/c1-27-16-8-13-11(7-18(26)29-15(13)9-17(16)28-2)10-30-21-23-20-19(24-25-21)12-5-3-4-6-14(12)22-20/h3-9H,10H2,1-2H3,(H,22,23,25). The van der Waals surface area contributed by atoms with Crippen molar-refractivity contribution in [1.29, 1.82) is 0 Å². The van der Waals surface area contributed by atoms with Crippen molar-refractivity contribution in [1.82, 2.24) is 20.2 Å². The summed E-state index contributed by atoms with van der Waals surface area (Å²) in [4.78, 5) is 19.9. The summed E-state index contributed by atoms with van der Waals surface area (Å²) in [5.41, 5.74) is 3.16. The van der Waals surface area contributed by atoms with E-state index < -0.39 is 5.63 Å². The van der Waals surface area contributed by atoms with Gasteiger partial charge >= 0.3 is 5.63 Å². The number of rotatable bonds is 5. The Labute approximate surface area is 174 Å². The number of aromatic amines is 1. The van der Waals surface area contributed by atoms with E-state index in [0.717, 1.165) is 27.4 Å². The van der Waals surface area contributed by atoms with Crippen molar-refractivity contribution < 1.29 is 13.9 Å². The van der Waals surface area contributed by atoms with E-state index in [4.69, 9.17) is 13.9 Å². The number of aromatic nitrogens is 4. The predicted molar refractivity (Wildman–Crippen MR) is 114 cm³/mol. The van der Waals surface area contributed by atoms with Crippen molar-refractivity contribution in [3.8, 4) is 11.5 Å². The van der Waals surface area contributed by atoms with Gasteiger partial charge in [-0.2, -0.15) is 0 Å². The maximum Gasteiger partial charge on any atom is 0.336 e. The molecule has 9 heteroatoms. The summed E-state index contributed by atoms with van der Waals surface area (Å²) in [6.07, 6.45) is 0. The molecule has 5 aromatic rings. The highest BCUT2D eigenvalue weighted by Gasteiger charge is 2.14. The molecule has 0 bridgehead atoms. The molecule has 5 rings (SSSR count). The highest BCUT2D eigenvalue weighted by atomic mass is 32.2. The largest absolute Gasteiger partial charge is 0.493 e. The molecule has 150 valence electrons. The van der Waals surface area contributed by atoms with Crippen molar-refractivity contribution in [3.63, 3.8) is 0 Å². The Kier molecular flexibility index (Phi) is 4.51. The number of hydrogen-bond acceptors (Lipinski definition) is 8. The number of nitrogens with one attached hydrogen (secondary N) is 1. The number of para-hydroxylation sites is 1. The molecule has 0 spiro atoms. The van der Waals surface area contributed by atoms with Crippen molar-refractivity contribution >= 4 is 44.8 Å². The van der Waals surface area contributed by atoms with E-state index >= 15 is 0 Å². The van der Waals surface area contributed by atoms with Crippen LogP contribution in [-0.4, -0.2) is 34.4 Å². The lowest BCUT2D eigenvalue weighted by Crippen LogP contribution is -2.01. The van der Waals surface area contributed by atoms with Crippen LogP contribution in [0.3, 0.4) is 0 Å². The summed E-state index contributed by atoms with van der Waals surface area (Å²) in [6.45, 7) is 0. The van der Waals surface area contributed by atoms with E-state index in [-0.39, 0.29) is 0 Å². The third-order valence-corrected chi connectivity index (χ3v) is 5.68. The smallest absolute Gasteiger partial charge is 0.336 e. The van der Waals surface area contributed by atoms with E-state index in [9.17, 15) is 4.79 Å². The average Bonchev–Trinajstić information content (AvgIpc) is 3.14. The molecule has 0 unspecified atom stereocenters. The summed E-state index contributed by atoms with van der Waals surface area (Å²) in [7, 11) is 3.10. The highest BCUT2D eigenvalue weighted by Crippen LogP contribution is 2.34. The van der Waals surface area contributed by atoms with Crippen LogP contribution < -0.4 is 15.1 Å². The van der Waals surface area contributed by atoms with Crippen LogP contribution in [0.4, 0.5) is 0 Å². The quantitative estimate of drug-likeness (QED) is 0.337. The second-order valence-electron chi connectivity index (χ2n) is 6.54. The summed E-state index contributed by atoms with van der Waals surface area (Å²) in [5.74, 6) is 1.52. The van der Waals surface area contributed by atoms with E-state index in [1.54, 1.807) is 19.2 Å². The van der Waals surface area contributed by atoms with E-state index in [0.29, 0.717) is 33.6 Å². The number of hydrogen-bond donors (Lipinski definition) is 1. The minimum atomic E-state index is -0.435. The minimum Gasteiger partial charge on any atom is -0.493 e. The molecule has 3 heterocycles. The molecule has 30 heavy (non-hydrogen) atoms.